The number of sulfonamides is 1. The van der Waals surface area contributed by atoms with Crippen LogP contribution < -0.4 is 0 Å². The molecule has 0 saturated carbocycles. The highest BCUT2D eigenvalue weighted by molar-refractivity contribution is 7.88. The minimum Gasteiger partial charge on any atom is -0.363 e. The summed E-state index contributed by atoms with van der Waals surface area (Å²) in [5.74, 6) is 0.810. The minimum absolute atomic E-state index is 0.188. The van der Waals surface area contributed by atoms with Crippen molar-refractivity contribution in [1.29, 1.82) is 0 Å². The molecule has 0 aliphatic carbocycles. The van der Waals surface area contributed by atoms with Gasteiger partial charge in [-0.05, 0) is 13.8 Å². The maximum absolute atomic E-state index is 11.5. The standard InChI is InChI=1S/C9H15N3O4S/c1-7-10-8(16-11-7)9(2)6-12(4-5-15-9)17(3,13)14/h4-6H2,1-3H3. The molecular weight excluding hydrogens is 246 g/mol. The van der Waals surface area contributed by atoms with E-state index in [4.69, 9.17) is 9.26 Å². The van der Waals surface area contributed by atoms with E-state index in [1.54, 1.807) is 13.8 Å². The lowest BCUT2D eigenvalue weighted by Gasteiger charge is -2.36. The van der Waals surface area contributed by atoms with Gasteiger partial charge in [0.15, 0.2) is 11.4 Å². The highest BCUT2D eigenvalue weighted by Gasteiger charge is 2.41. The molecule has 0 bridgehead atoms. The van der Waals surface area contributed by atoms with Crippen LogP contribution in [0.15, 0.2) is 4.52 Å². The summed E-state index contributed by atoms with van der Waals surface area (Å²) >= 11 is 0. The first kappa shape index (κ1) is 12.5. The molecule has 8 heteroatoms. The molecule has 1 fully saturated rings. The third-order valence-corrected chi connectivity index (χ3v) is 3.94. The Hall–Kier alpha value is -0.990. The number of ether oxygens (including phenoxy) is 1. The van der Waals surface area contributed by atoms with Gasteiger partial charge in [-0.1, -0.05) is 5.16 Å². The van der Waals surface area contributed by atoms with E-state index < -0.39 is 15.6 Å². The Bertz CT molecular complexity index is 512. The van der Waals surface area contributed by atoms with Gasteiger partial charge in [-0.25, -0.2) is 8.42 Å². The lowest BCUT2D eigenvalue weighted by atomic mass is 10.1. The summed E-state index contributed by atoms with van der Waals surface area (Å²) in [6.07, 6.45) is 1.18. The second-order valence-electron chi connectivity index (χ2n) is 4.32. The Labute approximate surface area is 99.8 Å². The Balaban J connectivity index is 2.27. The predicted molar refractivity (Wildman–Crippen MR) is 58.8 cm³/mol. The van der Waals surface area contributed by atoms with E-state index in [9.17, 15) is 8.42 Å². The van der Waals surface area contributed by atoms with Crippen LogP contribution in [-0.4, -0.2) is 48.8 Å². The normalized spacial score (nSPS) is 27.2. The highest BCUT2D eigenvalue weighted by atomic mass is 32.2. The Morgan fingerprint density at radius 2 is 2.18 bits per heavy atom. The van der Waals surface area contributed by atoms with Gasteiger partial charge in [-0.3, -0.25) is 0 Å². The van der Waals surface area contributed by atoms with Crippen LogP contribution in [0.4, 0.5) is 0 Å². The third kappa shape index (κ3) is 2.48. The smallest absolute Gasteiger partial charge is 0.259 e. The minimum atomic E-state index is -3.23. The molecule has 17 heavy (non-hydrogen) atoms. The van der Waals surface area contributed by atoms with Crippen LogP contribution >= 0.6 is 0 Å². The van der Waals surface area contributed by atoms with Crippen molar-refractivity contribution in [3.63, 3.8) is 0 Å². The molecule has 1 unspecified atom stereocenters. The van der Waals surface area contributed by atoms with Gasteiger partial charge in [-0.15, -0.1) is 0 Å². The van der Waals surface area contributed by atoms with E-state index in [-0.39, 0.29) is 6.54 Å². The van der Waals surface area contributed by atoms with Crippen LogP contribution in [0.3, 0.4) is 0 Å². The second-order valence-corrected chi connectivity index (χ2v) is 6.31. The summed E-state index contributed by atoms with van der Waals surface area (Å²) in [6, 6.07) is 0. The summed E-state index contributed by atoms with van der Waals surface area (Å²) in [4.78, 5) is 4.10. The van der Waals surface area contributed by atoms with E-state index in [1.807, 2.05) is 0 Å². The Morgan fingerprint density at radius 1 is 1.47 bits per heavy atom. The van der Waals surface area contributed by atoms with E-state index in [2.05, 4.69) is 10.1 Å². The number of hydrogen-bond donors (Lipinski definition) is 0. The Kier molecular flexibility index (Phi) is 2.96. The predicted octanol–water partition coefficient (Wildman–Crippen LogP) is -0.115. The molecule has 1 saturated heterocycles. The largest absolute Gasteiger partial charge is 0.363 e. The maximum atomic E-state index is 11.5. The van der Waals surface area contributed by atoms with Crippen molar-refractivity contribution in [3.8, 4) is 0 Å². The van der Waals surface area contributed by atoms with Crippen molar-refractivity contribution in [2.24, 2.45) is 0 Å². The summed E-state index contributed by atoms with van der Waals surface area (Å²) in [7, 11) is -3.23. The van der Waals surface area contributed by atoms with Gasteiger partial charge >= 0.3 is 0 Å². The van der Waals surface area contributed by atoms with Crippen LogP contribution in [0.1, 0.15) is 18.6 Å². The zero-order valence-electron chi connectivity index (χ0n) is 10.0. The van der Waals surface area contributed by atoms with Gasteiger partial charge in [0.1, 0.15) is 0 Å². The fourth-order valence-corrected chi connectivity index (χ4v) is 2.65. The van der Waals surface area contributed by atoms with E-state index in [0.29, 0.717) is 24.9 Å². The molecule has 0 amide bonds. The molecule has 1 atom stereocenters. The molecule has 1 aliphatic rings. The van der Waals surface area contributed by atoms with Crippen molar-refractivity contribution >= 4 is 10.0 Å². The lowest BCUT2D eigenvalue weighted by molar-refractivity contribution is -0.0993. The molecule has 1 aliphatic heterocycles. The molecule has 7 nitrogen and oxygen atoms in total. The van der Waals surface area contributed by atoms with E-state index >= 15 is 0 Å². The van der Waals surface area contributed by atoms with Gasteiger partial charge in [-0.2, -0.15) is 9.29 Å². The number of rotatable bonds is 2. The average molecular weight is 261 g/mol. The van der Waals surface area contributed by atoms with Crippen LogP contribution in [0.25, 0.3) is 0 Å². The monoisotopic (exact) mass is 261 g/mol. The van der Waals surface area contributed by atoms with Crippen molar-refractivity contribution in [2.75, 3.05) is 26.0 Å². The van der Waals surface area contributed by atoms with Gasteiger partial charge < -0.3 is 9.26 Å². The zero-order valence-corrected chi connectivity index (χ0v) is 10.8. The summed E-state index contributed by atoms with van der Waals surface area (Å²) < 4.78 is 35.0. The van der Waals surface area contributed by atoms with E-state index in [1.165, 1.54) is 10.6 Å². The number of nitrogens with zero attached hydrogens (tertiary/aromatic N) is 3. The zero-order chi connectivity index (χ0) is 12.7. The lowest BCUT2D eigenvalue weighted by Crippen LogP contribution is -2.50. The molecule has 2 rings (SSSR count). The van der Waals surface area contributed by atoms with Gasteiger partial charge in [0.2, 0.25) is 10.0 Å². The number of aryl methyl sites for hydroxylation is 1. The summed E-state index contributed by atoms with van der Waals surface area (Å²) in [5.41, 5.74) is -0.872. The molecule has 0 aromatic carbocycles. The Morgan fingerprint density at radius 3 is 2.71 bits per heavy atom. The summed E-state index contributed by atoms with van der Waals surface area (Å²) in [5, 5.41) is 3.69. The van der Waals surface area contributed by atoms with Crippen molar-refractivity contribution in [2.45, 2.75) is 19.4 Å². The fraction of sp³-hybridized carbons (Fsp3) is 0.778. The first-order chi connectivity index (χ1) is 7.81. The van der Waals surface area contributed by atoms with Crippen molar-refractivity contribution in [3.05, 3.63) is 11.7 Å². The van der Waals surface area contributed by atoms with Crippen LogP contribution in [0, 0.1) is 6.92 Å². The van der Waals surface area contributed by atoms with Crippen LogP contribution in [0.5, 0.6) is 0 Å². The quantitative estimate of drug-likeness (QED) is 0.738. The topological polar surface area (TPSA) is 85.5 Å². The molecule has 0 radical (unpaired) electrons. The molecule has 0 N–H and O–H groups in total. The van der Waals surface area contributed by atoms with Gasteiger partial charge in [0.25, 0.3) is 5.89 Å². The number of hydrogen-bond acceptors (Lipinski definition) is 6. The fourth-order valence-electron chi connectivity index (χ4n) is 1.76. The molecule has 1 aromatic heterocycles. The number of aromatic nitrogens is 2. The molecule has 0 spiro atoms. The average Bonchev–Trinajstić information content (AvgIpc) is 2.64. The maximum Gasteiger partial charge on any atom is 0.259 e. The van der Waals surface area contributed by atoms with Crippen LogP contribution in [0.2, 0.25) is 0 Å². The summed E-state index contributed by atoms with van der Waals surface area (Å²) in [6.45, 7) is 4.30. The first-order valence-corrected chi connectivity index (χ1v) is 7.06. The second kappa shape index (κ2) is 4.04. The molecule has 1 aromatic rings. The van der Waals surface area contributed by atoms with Crippen molar-refractivity contribution < 1.29 is 17.7 Å². The van der Waals surface area contributed by atoms with Gasteiger partial charge in [0.05, 0.1) is 19.4 Å². The van der Waals surface area contributed by atoms with Crippen LogP contribution in [-0.2, 0) is 20.4 Å². The highest BCUT2D eigenvalue weighted by Crippen LogP contribution is 2.28. The van der Waals surface area contributed by atoms with Gasteiger partial charge in [0, 0.05) is 6.54 Å². The van der Waals surface area contributed by atoms with Crippen molar-refractivity contribution in [1.82, 2.24) is 14.4 Å². The first-order valence-electron chi connectivity index (χ1n) is 5.21. The SMILES string of the molecule is Cc1noc(C2(C)CN(S(C)(=O)=O)CCO2)n1. The molecule has 2 heterocycles. The molecule has 96 valence electrons. The van der Waals surface area contributed by atoms with E-state index in [0.717, 1.165) is 0 Å². The third-order valence-electron chi connectivity index (χ3n) is 2.69. The number of morpholine rings is 1. The molecular formula is C9H15N3O4S.